The molecule has 3 heterocycles. The van der Waals surface area contributed by atoms with E-state index in [-0.39, 0.29) is 23.1 Å². The second kappa shape index (κ2) is 14.3. The predicted octanol–water partition coefficient (Wildman–Crippen LogP) is 8.45. The summed E-state index contributed by atoms with van der Waals surface area (Å²) in [5, 5.41) is 14.0. The SMILES string of the molecule is CC(C)Oc1cc2nc(-c3cccc(C(F)(F)F)c3)c(CN3CCC(N4CCCCC4)CC3)c(C(=O)NC3(c4ccccc4)CC3)c2cc1C#N. The number of carbonyl (C=O) groups is 1. The number of benzene rings is 3. The molecule has 4 aromatic rings. The van der Waals surface area contributed by atoms with Crippen LogP contribution in [0.2, 0.25) is 0 Å². The van der Waals surface area contributed by atoms with Crippen LogP contribution in [0.15, 0.2) is 66.7 Å². The van der Waals surface area contributed by atoms with Gasteiger partial charge >= 0.3 is 6.18 Å². The molecule has 2 aliphatic heterocycles. The third-order valence-electron chi connectivity index (χ3n) is 10.6. The minimum atomic E-state index is -4.56. The van der Waals surface area contributed by atoms with Gasteiger partial charge in [0.1, 0.15) is 11.8 Å². The van der Waals surface area contributed by atoms with E-state index < -0.39 is 17.3 Å². The lowest BCUT2D eigenvalue weighted by Gasteiger charge is -2.40. The van der Waals surface area contributed by atoms with E-state index in [4.69, 9.17) is 9.72 Å². The number of pyridine rings is 1. The predicted molar refractivity (Wildman–Crippen MR) is 191 cm³/mol. The van der Waals surface area contributed by atoms with Crippen molar-refractivity contribution in [1.82, 2.24) is 20.1 Å². The lowest BCUT2D eigenvalue weighted by atomic mass is 9.92. The van der Waals surface area contributed by atoms with Gasteiger partial charge in [-0.1, -0.05) is 48.9 Å². The maximum atomic E-state index is 14.8. The third kappa shape index (κ3) is 7.46. The highest BCUT2D eigenvalue weighted by atomic mass is 19.4. The number of hydrogen-bond donors (Lipinski definition) is 1. The molecule has 0 spiro atoms. The van der Waals surface area contributed by atoms with Gasteiger partial charge in [-0.3, -0.25) is 9.69 Å². The molecule has 0 unspecified atom stereocenters. The van der Waals surface area contributed by atoms with Gasteiger partial charge in [0, 0.05) is 35.2 Å². The van der Waals surface area contributed by atoms with Crippen LogP contribution >= 0.6 is 0 Å². The first kappa shape index (κ1) is 35.0. The zero-order chi connectivity index (χ0) is 35.8. The monoisotopic (exact) mass is 695 g/mol. The molecular formula is C41H44F3N5O2. The zero-order valence-electron chi connectivity index (χ0n) is 29.2. The number of fused-ring (bicyclic) bond motifs is 1. The molecular weight excluding hydrogens is 651 g/mol. The quantitative estimate of drug-likeness (QED) is 0.189. The number of ether oxygens (including phenoxy) is 1. The summed E-state index contributed by atoms with van der Waals surface area (Å²) >= 11 is 0. The highest BCUT2D eigenvalue weighted by Gasteiger charge is 2.46. The van der Waals surface area contributed by atoms with E-state index in [1.54, 1.807) is 18.2 Å². The average molecular weight is 696 g/mol. The number of piperidine rings is 2. The maximum Gasteiger partial charge on any atom is 0.416 e. The van der Waals surface area contributed by atoms with Gasteiger partial charge in [-0.15, -0.1) is 0 Å². The van der Waals surface area contributed by atoms with Crippen molar-refractivity contribution in [3.63, 3.8) is 0 Å². The zero-order valence-corrected chi connectivity index (χ0v) is 29.2. The lowest BCUT2D eigenvalue weighted by molar-refractivity contribution is -0.137. The van der Waals surface area contributed by atoms with Crippen LogP contribution in [0, 0.1) is 11.3 Å². The Balaban J connectivity index is 1.38. The Kier molecular flexibility index (Phi) is 9.79. The number of amides is 1. The number of nitrogens with one attached hydrogen (secondary N) is 1. The summed E-state index contributed by atoms with van der Waals surface area (Å²) in [5.74, 6) is -0.0269. The largest absolute Gasteiger partial charge is 0.490 e. The first-order valence-electron chi connectivity index (χ1n) is 18.1. The van der Waals surface area contributed by atoms with Crippen LogP contribution < -0.4 is 10.1 Å². The summed E-state index contributed by atoms with van der Waals surface area (Å²) in [6, 6.07) is 21.0. The summed E-state index contributed by atoms with van der Waals surface area (Å²) < 4.78 is 48.2. The number of halogens is 3. The summed E-state index contributed by atoms with van der Waals surface area (Å²) in [6.45, 7) is 7.85. The van der Waals surface area contributed by atoms with Crippen LogP contribution in [0.3, 0.4) is 0 Å². The number of carbonyl (C=O) groups excluding carboxylic acids is 1. The van der Waals surface area contributed by atoms with Crippen molar-refractivity contribution in [3.05, 3.63) is 94.5 Å². The van der Waals surface area contributed by atoms with E-state index in [0.717, 1.165) is 69.6 Å². The van der Waals surface area contributed by atoms with Gasteiger partial charge in [-0.25, -0.2) is 4.98 Å². The number of alkyl halides is 3. The highest BCUT2D eigenvalue weighted by molar-refractivity contribution is 6.10. The molecule has 1 saturated carbocycles. The topological polar surface area (TPSA) is 81.5 Å². The van der Waals surface area contributed by atoms with Crippen molar-refractivity contribution >= 4 is 16.8 Å². The van der Waals surface area contributed by atoms with Crippen LogP contribution in [0.5, 0.6) is 5.75 Å². The standard InChI is InChI=1S/C41H44F3N5O2/c1-27(2)51-36-24-35-33(23-29(36)25-45)37(39(50)47-40(16-17-40)30-11-5-3-6-12-30)34(38(46-35)28-10-9-13-31(22-28)41(42,43)44)26-48-20-14-32(15-21-48)49-18-7-4-8-19-49/h3,5-6,9-13,22-24,27,32H,4,7-8,14-21,26H2,1-2H3,(H,47,50). The smallest absolute Gasteiger partial charge is 0.416 e. The molecule has 0 atom stereocenters. The number of aromatic nitrogens is 1. The molecule has 2 saturated heterocycles. The van der Waals surface area contributed by atoms with Gasteiger partial charge in [0.25, 0.3) is 5.91 Å². The Morgan fingerprint density at radius 2 is 1.73 bits per heavy atom. The molecule has 51 heavy (non-hydrogen) atoms. The molecule has 10 heteroatoms. The second-order valence-electron chi connectivity index (χ2n) is 14.5. The Morgan fingerprint density at radius 1 is 1.00 bits per heavy atom. The Morgan fingerprint density at radius 3 is 2.37 bits per heavy atom. The molecule has 266 valence electrons. The molecule has 0 radical (unpaired) electrons. The van der Waals surface area contributed by atoms with Crippen LogP contribution in [0.4, 0.5) is 13.2 Å². The number of hydrogen-bond acceptors (Lipinski definition) is 6. The van der Waals surface area contributed by atoms with E-state index in [1.807, 2.05) is 44.2 Å². The van der Waals surface area contributed by atoms with Gasteiger partial charge in [-0.2, -0.15) is 18.4 Å². The van der Waals surface area contributed by atoms with E-state index in [9.17, 15) is 23.2 Å². The van der Waals surface area contributed by atoms with E-state index in [2.05, 4.69) is 21.2 Å². The lowest BCUT2D eigenvalue weighted by Crippen LogP contribution is -2.46. The number of likely N-dealkylation sites (tertiary alicyclic amines) is 2. The molecule has 3 fully saturated rings. The highest BCUT2D eigenvalue weighted by Crippen LogP contribution is 2.46. The summed E-state index contributed by atoms with van der Waals surface area (Å²) in [7, 11) is 0. The fourth-order valence-electron chi connectivity index (χ4n) is 7.86. The normalized spacial score (nSPS) is 18.5. The third-order valence-corrected chi connectivity index (χ3v) is 10.6. The van der Waals surface area contributed by atoms with Gasteiger partial charge in [0.2, 0.25) is 0 Å². The van der Waals surface area contributed by atoms with Gasteiger partial charge in [0.05, 0.1) is 39.5 Å². The van der Waals surface area contributed by atoms with Gasteiger partial charge in [0.15, 0.2) is 0 Å². The first-order valence-corrected chi connectivity index (χ1v) is 18.1. The van der Waals surface area contributed by atoms with E-state index in [0.29, 0.717) is 46.1 Å². The van der Waals surface area contributed by atoms with Crippen LogP contribution in [0.1, 0.15) is 91.4 Å². The molecule has 7 rings (SSSR count). The van der Waals surface area contributed by atoms with Crippen molar-refractivity contribution in [2.75, 3.05) is 26.2 Å². The Hall–Kier alpha value is -4.46. The van der Waals surface area contributed by atoms with Gasteiger partial charge < -0.3 is 15.0 Å². The molecule has 0 bridgehead atoms. The summed E-state index contributed by atoms with van der Waals surface area (Å²) in [5.41, 5.74) is 1.79. The fourth-order valence-corrected chi connectivity index (χ4v) is 7.86. The van der Waals surface area contributed by atoms with Crippen molar-refractivity contribution in [1.29, 1.82) is 5.26 Å². The van der Waals surface area contributed by atoms with Crippen LogP contribution in [-0.2, 0) is 18.3 Å². The Bertz CT molecular complexity index is 1940. The minimum absolute atomic E-state index is 0.243. The van der Waals surface area contributed by atoms with Crippen molar-refractivity contribution < 1.29 is 22.7 Å². The van der Waals surface area contributed by atoms with Crippen LogP contribution in [0.25, 0.3) is 22.2 Å². The number of rotatable bonds is 9. The van der Waals surface area contributed by atoms with Crippen molar-refractivity contribution in [2.24, 2.45) is 0 Å². The molecule has 1 aromatic heterocycles. The van der Waals surface area contributed by atoms with E-state index in [1.165, 1.54) is 25.3 Å². The summed E-state index contributed by atoms with van der Waals surface area (Å²) in [4.78, 5) is 24.7. The van der Waals surface area contributed by atoms with Gasteiger partial charge in [-0.05, 0) is 102 Å². The first-order chi connectivity index (χ1) is 24.5. The van der Waals surface area contributed by atoms with Crippen molar-refractivity contribution in [2.45, 2.75) is 89.2 Å². The van der Waals surface area contributed by atoms with Crippen molar-refractivity contribution in [3.8, 4) is 23.1 Å². The fraction of sp³-hybridized carbons (Fsp3) is 0.439. The summed E-state index contributed by atoms with van der Waals surface area (Å²) in [6.07, 6.45) is 2.41. The van der Waals surface area contributed by atoms with E-state index >= 15 is 0 Å². The maximum absolute atomic E-state index is 14.8. The molecule has 3 aromatic carbocycles. The van der Waals surface area contributed by atoms with Crippen LogP contribution in [-0.4, -0.2) is 59.0 Å². The molecule has 7 nitrogen and oxygen atoms in total. The molecule has 3 aliphatic rings. The molecule has 1 N–H and O–H groups in total. The Labute approximate surface area is 297 Å². The molecule has 1 amide bonds. The molecule has 1 aliphatic carbocycles. The number of nitriles is 1. The number of nitrogens with zero attached hydrogens (tertiary/aromatic N) is 4. The minimum Gasteiger partial charge on any atom is -0.490 e. The second-order valence-corrected chi connectivity index (χ2v) is 14.5. The average Bonchev–Trinajstić information content (AvgIpc) is 3.92.